The Balaban J connectivity index is 1.77. The van der Waals surface area contributed by atoms with Gasteiger partial charge in [-0.25, -0.2) is 0 Å². The van der Waals surface area contributed by atoms with Crippen molar-refractivity contribution >= 4 is 11.8 Å². The fourth-order valence-corrected chi connectivity index (χ4v) is 3.16. The fourth-order valence-electron chi connectivity index (χ4n) is 2.28. The van der Waals surface area contributed by atoms with Crippen LogP contribution in [0, 0.1) is 0 Å². The fraction of sp³-hybridized carbons (Fsp3) is 0.294. The highest BCUT2D eigenvalue weighted by Crippen LogP contribution is 2.34. The molecule has 0 unspecified atom stereocenters. The summed E-state index contributed by atoms with van der Waals surface area (Å²) in [5.74, 6) is 1.65. The summed E-state index contributed by atoms with van der Waals surface area (Å²) < 4.78 is 5.54. The first kappa shape index (κ1) is 12.6. The molecule has 0 radical (unpaired) electrons. The molecule has 0 saturated carbocycles. The van der Waals surface area contributed by atoms with Crippen molar-refractivity contribution in [1.82, 2.24) is 0 Å². The Morgan fingerprint density at radius 1 is 1.00 bits per heavy atom. The third kappa shape index (κ3) is 2.79. The standard InChI is InChI=1S/C17H18OS/c1-12(2)13-3-5-15(6-4-13)19-16-7-8-17-14(11-16)9-10-18-17/h3-8,11-12H,9-10H2,1-2H3. The molecule has 0 spiro atoms. The molecule has 1 nitrogen and oxygen atoms in total. The SMILES string of the molecule is CC(C)c1ccc(Sc2ccc3c(c2)CCO3)cc1. The Hall–Kier alpha value is -1.41. The first-order chi connectivity index (χ1) is 9.22. The summed E-state index contributed by atoms with van der Waals surface area (Å²) in [6.45, 7) is 5.28. The number of fused-ring (bicyclic) bond motifs is 1. The number of rotatable bonds is 3. The normalized spacial score (nSPS) is 13.4. The van der Waals surface area contributed by atoms with Gasteiger partial charge in [0.1, 0.15) is 5.75 Å². The molecule has 2 heteroatoms. The van der Waals surface area contributed by atoms with Gasteiger partial charge in [0.15, 0.2) is 0 Å². The van der Waals surface area contributed by atoms with Crippen LogP contribution in [0.15, 0.2) is 52.3 Å². The summed E-state index contributed by atoms with van der Waals surface area (Å²) in [7, 11) is 0. The van der Waals surface area contributed by atoms with Crippen LogP contribution in [0.25, 0.3) is 0 Å². The average Bonchev–Trinajstić information content (AvgIpc) is 2.87. The third-order valence-corrected chi connectivity index (χ3v) is 4.44. The van der Waals surface area contributed by atoms with Crippen molar-refractivity contribution in [3.8, 4) is 5.75 Å². The molecule has 2 aromatic carbocycles. The molecule has 0 fully saturated rings. The summed E-state index contributed by atoms with van der Waals surface area (Å²) in [4.78, 5) is 2.59. The van der Waals surface area contributed by atoms with Gasteiger partial charge in [0.25, 0.3) is 0 Å². The van der Waals surface area contributed by atoms with Gasteiger partial charge in [-0.15, -0.1) is 0 Å². The monoisotopic (exact) mass is 270 g/mol. The van der Waals surface area contributed by atoms with E-state index in [1.54, 1.807) is 0 Å². The summed E-state index contributed by atoms with van der Waals surface area (Å²) in [6, 6.07) is 15.4. The second-order valence-corrected chi connectivity index (χ2v) is 6.34. The number of hydrogen-bond donors (Lipinski definition) is 0. The zero-order valence-corrected chi connectivity index (χ0v) is 12.2. The van der Waals surface area contributed by atoms with Crippen molar-refractivity contribution in [3.63, 3.8) is 0 Å². The van der Waals surface area contributed by atoms with E-state index in [2.05, 4.69) is 56.3 Å². The van der Waals surface area contributed by atoms with E-state index >= 15 is 0 Å². The molecule has 0 bridgehead atoms. The van der Waals surface area contributed by atoms with Crippen LogP contribution >= 0.6 is 11.8 Å². The van der Waals surface area contributed by atoms with Gasteiger partial charge >= 0.3 is 0 Å². The lowest BCUT2D eigenvalue weighted by molar-refractivity contribution is 0.357. The van der Waals surface area contributed by atoms with Crippen LogP contribution in [0.4, 0.5) is 0 Å². The molecular weight excluding hydrogens is 252 g/mol. The van der Waals surface area contributed by atoms with Gasteiger partial charge in [-0.1, -0.05) is 37.7 Å². The van der Waals surface area contributed by atoms with Crippen molar-refractivity contribution in [2.75, 3.05) is 6.61 Å². The van der Waals surface area contributed by atoms with Crippen LogP contribution in [0.3, 0.4) is 0 Å². The van der Waals surface area contributed by atoms with Crippen molar-refractivity contribution in [2.24, 2.45) is 0 Å². The molecule has 0 aromatic heterocycles. The maximum absolute atomic E-state index is 5.54. The minimum absolute atomic E-state index is 0.594. The van der Waals surface area contributed by atoms with Crippen LogP contribution < -0.4 is 4.74 Å². The molecule has 3 rings (SSSR count). The van der Waals surface area contributed by atoms with E-state index in [0.717, 1.165) is 18.8 Å². The van der Waals surface area contributed by atoms with Crippen molar-refractivity contribution in [2.45, 2.75) is 36.0 Å². The second kappa shape index (κ2) is 5.30. The number of hydrogen-bond acceptors (Lipinski definition) is 2. The largest absolute Gasteiger partial charge is 0.493 e. The number of ether oxygens (including phenoxy) is 1. The van der Waals surface area contributed by atoms with E-state index < -0.39 is 0 Å². The minimum Gasteiger partial charge on any atom is -0.493 e. The first-order valence-electron chi connectivity index (χ1n) is 6.76. The highest BCUT2D eigenvalue weighted by molar-refractivity contribution is 7.99. The molecule has 0 amide bonds. The molecule has 1 heterocycles. The third-order valence-electron chi connectivity index (χ3n) is 3.44. The summed E-state index contributed by atoms with van der Waals surface area (Å²) in [5.41, 5.74) is 2.73. The highest BCUT2D eigenvalue weighted by Gasteiger charge is 2.12. The average molecular weight is 270 g/mol. The molecular formula is C17H18OS. The lowest BCUT2D eigenvalue weighted by Gasteiger charge is -2.07. The lowest BCUT2D eigenvalue weighted by atomic mass is 10.0. The minimum atomic E-state index is 0.594. The second-order valence-electron chi connectivity index (χ2n) is 5.19. The summed E-state index contributed by atoms with van der Waals surface area (Å²) in [6.07, 6.45) is 1.04. The maximum Gasteiger partial charge on any atom is 0.122 e. The van der Waals surface area contributed by atoms with E-state index in [1.807, 2.05) is 11.8 Å². The van der Waals surface area contributed by atoms with E-state index in [4.69, 9.17) is 4.74 Å². The molecule has 2 aromatic rings. The van der Waals surface area contributed by atoms with Gasteiger partial charge in [0, 0.05) is 16.2 Å². The van der Waals surface area contributed by atoms with Gasteiger partial charge in [-0.05, 0) is 47.4 Å². The van der Waals surface area contributed by atoms with Gasteiger partial charge in [0.05, 0.1) is 6.61 Å². The van der Waals surface area contributed by atoms with E-state index in [1.165, 1.54) is 20.9 Å². The van der Waals surface area contributed by atoms with Crippen molar-refractivity contribution in [3.05, 3.63) is 53.6 Å². The number of benzene rings is 2. The Bertz CT molecular complexity index is 572. The van der Waals surface area contributed by atoms with Crippen LogP contribution in [0.5, 0.6) is 5.75 Å². The van der Waals surface area contributed by atoms with Gasteiger partial charge < -0.3 is 4.74 Å². The zero-order chi connectivity index (χ0) is 13.2. The molecule has 0 saturated heterocycles. The van der Waals surface area contributed by atoms with E-state index in [0.29, 0.717) is 5.92 Å². The Labute approximate surface area is 119 Å². The Morgan fingerprint density at radius 2 is 1.74 bits per heavy atom. The summed E-state index contributed by atoms with van der Waals surface area (Å²) >= 11 is 1.82. The topological polar surface area (TPSA) is 9.23 Å². The lowest BCUT2D eigenvalue weighted by Crippen LogP contribution is -1.86. The van der Waals surface area contributed by atoms with Gasteiger partial charge in [-0.3, -0.25) is 0 Å². The molecule has 19 heavy (non-hydrogen) atoms. The van der Waals surface area contributed by atoms with E-state index in [9.17, 15) is 0 Å². The predicted molar refractivity (Wildman–Crippen MR) is 80.3 cm³/mol. The Morgan fingerprint density at radius 3 is 2.47 bits per heavy atom. The van der Waals surface area contributed by atoms with Crippen LogP contribution in [0.2, 0.25) is 0 Å². The smallest absolute Gasteiger partial charge is 0.122 e. The van der Waals surface area contributed by atoms with Gasteiger partial charge in [0.2, 0.25) is 0 Å². The molecule has 1 aliphatic heterocycles. The predicted octanol–water partition coefficient (Wildman–Crippen LogP) is 4.90. The quantitative estimate of drug-likeness (QED) is 0.785. The van der Waals surface area contributed by atoms with Crippen LogP contribution in [-0.4, -0.2) is 6.61 Å². The van der Waals surface area contributed by atoms with E-state index in [-0.39, 0.29) is 0 Å². The first-order valence-corrected chi connectivity index (χ1v) is 7.57. The molecule has 0 aliphatic carbocycles. The Kier molecular flexibility index (Phi) is 3.52. The van der Waals surface area contributed by atoms with Crippen molar-refractivity contribution in [1.29, 1.82) is 0 Å². The molecule has 1 aliphatic rings. The summed E-state index contributed by atoms with van der Waals surface area (Å²) in [5, 5.41) is 0. The van der Waals surface area contributed by atoms with Crippen LogP contribution in [-0.2, 0) is 6.42 Å². The van der Waals surface area contributed by atoms with Gasteiger partial charge in [-0.2, -0.15) is 0 Å². The zero-order valence-electron chi connectivity index (χ0n) is 11.3. The molecule has 0 N–H and O–H groups in total. The van der Waals surface area contributed by atoms with Crippen LogP contribution in [0.1, 0.15) is 30.9 Å². The maximum atomic E-state index is 5.54. The highest BCUT2D eigenvalue weighted by atomic mass is 32.2. The molecule has 0 atom stereocenters. The molecule has 98 valence electrons. The van der Waals surface area contributed by atoms with Crippen molar-refractivity contribution < 1.29 is 4.74 Å².